The van der Waals surface area contributed by atoms with Crippen LogP contribution in [-0.4, -0.2) is 34.0 Å². The molecule has 2 heterocycles. The van der Waals surface area contributed by atoms with Crippen molar-refractivity contribution in [2.24, 2.45) is 0 Å². The number of carbonyl (C=O) groups is 2. The second-order valence-corrected chi connectivity index (χ2v) is 6.72. The van der Waals surface area contributed by atoms with Crippen molar-refractivity contribution in [3.05, 3.63) is 59.4 Å². The summed E-state index contributed by atoms with van der Waals surface area (Å²) < 4.78 is 5.40. The van der Waals surface area contributed by atoms with Crippen molar-refractivity contribution in [3.63, 3.8) is 0 Å². The zero-order chi connectivity index (χ0) is 18.6. The molecule has 0 aliphatic carbocycles. The van der Waals surface area contributed by atoms with Crippen LogP contribution >= 0.6 is 11.6 Å². The summed E-state index contributed by atoms with van der Waals surface area (Å²) >= 11 is 6.01. The van der Waals surface area contributed by atoms with Crippen LogP contribution < -0.4 is 5.32 Å². The normalized spacial score (nSPS) is 19.2. The predicted molar refractivity (Wildman–Crippen MR) is 98.8 cm³/mol. The molecule has 2 amide bonds. The summed E-state index contributed by atoms with van der Waals surface area (Å²) in [7, 11) is 0. The number of ether oxygens (including phenoxy) is 1. The number of halogens is 1. The molecule has 1 aromatic heterocycles. The molecule has 0 saturated carbocycles. The van der Waals surface area contributed by atoms with E-state index in [0.717, 1.165) is 12.0 Å². The van der Waals surface area contributed by atoms with Gasteiger partial charge in [-0.15, -0.1) is 0 Å². The molecule has 1 unspecified atom stereocenters. The van der Waals surface area contributed by atoms with Crippen LogP contribution in [0, 0.1) is 0 Å². The molecule has 3 rings (SSSR count). The maximum Gasteiger partial charge on any atom is 0.410 e. The lowest BCUT2D eigenvalue weighted by molar-refractivity contribution is -0.125. The summed E-state index contributed by atoms with van der Waals surface area (Å²) in [6.45, 7) is 2.38. The van der Waals surface area contributed by atoms with Gasteiger partial charge in [0.25, 0.3) is 0 Å². The molecule has 0 bridgehead atoms. The van der Waals surface area contributed by atoms with Crippen molar-refractivity contribution in [2.45, 2.75) is 31.9 Å². The van der Waals surface area contributed by atoms with Crippen LogP contribution in [0.1, 0.15) is 25.3 Å². The number of carbonyl (C=O) groups excluding carboxylic acids is 2. The highest BCUT2D eigenvalue weighted by Crippen LogP contribution is 2.32. The van der Waals surface area contributed by atoms with Crippen molar-refractivity contribution in [3.8, 4) is 0 Å². The summed E-state index contributed by atoms with van der Waals surface area (Å²) in [6, 6.07) is 12.8. The number of pyridine rings is 1. The van der Waals surface area contributed by atoms with Crippen LogP contribution in [0.5, 0.6) is 0 Å². The first kappa shape index (κ1) is 18.2. The first-order chi connectivity index (χ1) is 12.5. The molecule has 1 N–H and O–H groups in total. The Hall–Kier alpha value is -2.60. The molecule has 1 aliphatic rings. The Labute approximate surface area is 157 Å². The van der Waals surface area contributed by atoms with Gasteiger partial charge >= 0.3 is 6.09 Å². The minimum Gasteiger partial charge on any atom is -0.445 e. The summed E-state index contributed by atoms with van der Waals surface area (Å²) in [6.07, 6.45) is 2.33. The fourth-order valence-corrected chi connectivity index (χ4v) is 3.19. The van der Waals surface area contributed by atoms with Crippen molar-refractivity contribution in [1.29, 1.82) is 0 Å². The van der Waals surface area contributed by atoms with Gasteiger partial charge in [-0.25, -0.2) is 9.78 Å². The molecule has 1 saturated heterocycles. The zero-order valence-electron chi connectivity index (χ0n) is 14.4. The van der Waals surface area contributed by atoms with Gasteiger partial charge in [-0.1, -0.05) is 41.9 Å². The minimum atomic E-state index is -0.993. The Morgan fingerprint density at radius 3 is 2.77 bits per heavy atom. The number of aromatic nitrogens is 1. The van der Waals surface area contributed by atoms with Crippen molar-refractivity contribution < 1.29 is 14.3 Å². The number of likely N-dealkylation sites (tertiary alicyclic amines) is 1. The van der Waals surface area contributed by atoms with E-state index in [2.05, 4.69) is 10.3 Å². The van der Waals surface area contributed by atoms with Crippen molar-refractivity contribution >= 4 is 29.3 Å². The van der Waals surface area contributed by atoms with Gasteiger partial charge in [-0.05, 0) is 37.5 Å². The number of nitrogens with one attached hydrogen (secondary N) is 1. The Balaban J connectivity index is 1.68. The molecular formula is C19H20ClN3O3. The Morgan fingerprint density at radius 2 is 2.04 bits per heavy atom. The zero-order valence-corrected chi connectivity index (χ0v) is 15.2. The Bertz CT molecular complexity index is 800. The molecular weight excluding hydrogens is 354 g/mol. The van der Waals surface area contributed by atoms with E-state index in [4.69, 9.17) is 16.3 Å². The van der Waals surface area contributed by atoms with Gasteiger partial charge < -0.3 is 10.1 Å². The smallest absolute Gasteiger partial charge is 0.410 e. The molecule has 1 fully saturated rings. The standard InChI is InChI=1S/C19H20ClN3O3/c1-19(17(24)22-15-9-5-11-21-16(15)20)10-6-12-23(19)18(25)26-13-14-7-3-2-4-8-14/h2-5,7-9,11H,6,10,12-13H2,1H3,(H,22,24). The van der Waals surface area contributed by atoms with Gasteiger partial charge in [0.2, 0.25) is 5.91 Å². The maximum atomic E-state index is 12.8. The number of nitrogens with zero attached hydrogens (tertiary/aromatic N) is 2. The number of anilines is 1. The summed E-state index contributed by atoms with van der Waals surface area (Å²) in [5.74, 6) is -0.304. The third kappa shape index (κ3) is 3.80. The molecule has 0 radical (unpaired) electrons. The predicted octanol–water partition coefficient (Wildman–Crippen LogP) is 3.86. The minimum absolute atomic E-state index is 0.169. The second kappa shape index (κ2) is 7.74. The van der Waals surface area contributed by atoms with Gasteiger partial charge in [-0.3, -0.25) is 9.69 Å². The Morgan fingerprint density at radius 1 is 1.27 bits per heavy atom. The molecule has 136 valence electrons. The highest BCUT2D eigenvalue weighted by molar-refractivity contribution is 6.32. The number of benzene rings is 1. The van der Waals surface area contributed by atoms with Crippen LogP contribution in [0.2, 0.25) is 5.15 Å². The summed E-state index contributed by atoms with van der Waals surface area (Å²) in [4.78, 5) is 30.8. The van der Waals surface area contributed by atoms with Crippen LogP contribution in [0.25, 0.3) is 0 Å². The van der Waals surface area contributed by atoms with Crippen LogP contribution in [-0.2, 0) is 16.1 Å². The number of hydrogen-bond donors (Lipinski definition) is 1. The van der Waals surface area contributed by atoms with E-state index in [-0.39, 0.29) is 17.7 Å². The second-order valence-electron chi connectivity index (χ2n) is 6.37. The summed E-state index contributed by atoms with van der Waals surface area (Å²) in [5, 5.41) is 2.98. The van der Waals surface area contributed by atoms with Gasteiger partial charge in [0.05, 0.1) is 5.69 Å². The first-order valence-electron chi connectivity index (χ1n) is 8.41. The van der Waals surface area contributed by atoms with E-state index in [1.165, 1.54) is 4.90 Å². The molecule has 0 spiro atoms. The lowest BCUT2D eigenvalue weighted by Gasteiger charge is -2.33. The van der Waals surface area contributed by atoms with E-state index in [0.29, 0.717) is 18.7 Å². The molecule has 1 atom stereocenters. The van der Waals surface area contributed by atoms with Gasteiger partial charge in [0.1, 0.15) is 12.1 Å². The highest BCUT2D eigenvalue weighted by atomic mass is 35.5. The molecule has 7 heteroatoms. The van der Waals surface area contributed by atoms with E-state index in [1.54, 1.807) is 25.3 Å². The molecule has 2 aromatic rings. The maximum absolute atomic E-state index is 12.8. The monoisotopic (exact) mass is 373 g/mol. The molecule has 1 aliphatic heterocycles. The van der Waals surface area contributed by atoms with Crippen LogP contribution in [0.15, 0.2) is 48.7 Å². The number of rotatable bonds is 4. The van der Waals surface area contributed by atoms with Crippen LogP contribution in [0.3, 0.4) is 0 Å². The topological polar surface area (TPSA) is 71.5 Å². The fourth-order valence-electron chi connectivity index (χ4n) is 3.03. The fraction of sp³-hybridized carbons (Fsp3) is 0.316. The number of amides is 2. The van der Waals surface area contributed by atoms with Gasteiger partial charge in [-0.2, -0.15) is 0 Å². The third-order valence-electron chi connectivity index (χ3n) is 4.56. The summed E-state index contributed by atoms with van der Waals surface area (Å²) in [5.41, 5.74) is 0.325. The molecule has 1 aromatic carbocycles. The van der Waals surface area contributed by atoms with Crippen molar-refractivity contribution in [1.82, 2.24) is 9.88 Å². The van der Waals surface area contributed by atoms with E-state index < -0.39 is 11.6 Å². The van der Waals surface area contributed by atoms with Crippen LogP contribution in [0.4, 0.5) is 10.5 Å². The molecule has 26 heavy (non-hydrogen) atoms. The lowest BCUT2D eigenvalue weighted by atomic mass is 9.98. The third-order valence-corrected chi connectivity index (χ3v) is 4.86. The van der Waals surface area contributed by atoms with E-state index in [1.807, 2.05) is 30.3 Å². The average molecular weight is 374 g/mol. The molecule has 6 nitrogen and oxygen atoms in total. The van der Waals surface area contributed by atoms with Crippen molar-refractivity contribution in [2.75, 3.05) is 11.9 Å². The van der Waals surface area contributed by atoms with E-state index >= 15 is 0 Å². The SMILES string of the molecule is CC1(C(=O)Nc2cccnc2Cl)CCCN1C(=O)OCc1ccccc1. The van der Waals surface area contributed by atoms with Gasteiger partial charge in [0.15, 0.2) is 5.15 Å². The quantitative estimate of drug-likeness (QED) is 0.826. The first-order valence-corrected chi connectivity index (χ1v) is 8.79. The number of hydrogen-bond acceptors (Lipinski definition) is 4. The van der Waals surface area contributed by atoms with Gasteiger partial charge in [0, 0.05) is 12.7 Å². The largest absolute Gasteiger partial charge is 0.445 e. The van der Waals surface area contributed by atoms with E-state index in [9.17, 15) is 9.59 Å². The lowest BCUT2D eigenvalue weighted by Crippen LogP contribution is -2.53. The highest BCUT2D eigenvalue weighted by Gasteiger charge is 2.46. The Kier molecular flexibility index (Phi) is 5.42. The average Bonchev–Trinajstić information content (AvgIpc) is 3.05.